The maximum absolute atomic E-state index is 11.1. The minimum atomic E-state index is -0.338. The summed E-state index contributed by atoms with van der Waals surface area (Å²) >= 11 is 11.6. The zero-order chi connectivity index (χ0) is 10.2. The molecule has 0 bridgehead atoms. The van der Waals surface area contributed by atoms with E-state index in [0.29, 0.717) is 11.7 Å². The quantitative estimate of drug-likeness (QED) is 0.781. The van der Waals surface area contributed by atoms with Crippen molar-refractivity contribution in [3.8, 4) is 0 Å². The van der Waals surface area contributed by atoms with Crippen molar-refractivity contribution in [1.82, 2.24) is 9.97 Å². The molecule has 1 aromatic heterocycles. The number of hydrogen-bond donors (Lipinski definition) is 2. The van der Waals surface area contributed by atoms with Gasteiger partial charge in [-0.2, -0.15) is 0 Å². The van der Waals surface area contributed by atoms with Gasteiger partial charge in [0.25, 0.3) is 5.56 Å². The summed E-state index contributed by atoms with van der Waals surface area (Å²) in [5.74, 6) is 0.909. The third kappa shape index (κ3) is 1.72. The van der Waals surface area contributed by atoms with E-state index in [1.54, 1.807) is 0 Å². The smallest absolute Gasteiger partial charge is 0.271 e. The number of aromatic amines is 1. The average molecular weight is 234 g/mol. The van der Waals surface area contributed by atoms with Crippen LogP contribution in [0.15, 0.2) is 11.1 Å². The highest BCUT2D eigenvalue weighted by Crippen LogP contribution is 2.40. The minimum absolute atomic E-state index is 0.0869. The predicted octanol–water partition coefficient (Wildman–Crippen LogP) is 1.61. The summed E-state index contributed by atoms with van der Waals surface area (Å²) in [7, 11) is 0. The molecule has 0 unspecified atom stereocenters. The molecule has 1 fully saturated rings. The summed E-state index contributed by atoms with van der Waals surface area (Å²) in [5.41, 5.74) is -0.444. The van der Waals surface area contributed by atoms with Crippen molar-refractivity contribution in [2.24, 2.45) is 0 Å². The number of halogens is 2. The van der Waals surface area contributed by atoms with Crippen molar-refractivity contribution in [2.45, 2.75) is 18.4 Å². The maximum Gasteiger partial charge on any atom is 0.271 e. The molecule has 1 heterocycles. The molecule has 1 aromatic rings. The van der Waals surface area contributed by atoms with Crippen LogP contribution in [-0.2, 0) is 0 Å². The zero-order valence-corrected chi connectivity index (χ0v) is 8.82. The lowest BCUT2D eigenvalue weighted by Gasteiger charge is -2.14. The SMILES string of the molecule is O=c1[nH]cnc(NC2(CCl)CC2)c1Cl. The summed E-state index contributed by atoms with van der Waals surface area (Å²) in [6.07, 6.45) is 3.30. The van der Waals surface area contributed by atoms with Gasteiger partial charge in [0.05, 0.1) is 11.9 Å². The van der Waals surface area contributed by atoms with Crippen molar-refractivity contribution >= 4 is 29.0 Å². The van der Waals surface area contributed by atoms with E-state index >= 15 is 0 Å². The minimum Gasteiger partial charge on any atom is -0.362 e. The second-order valence-electron chi connectivity index (χ2n) is 3.43. The Morgan fingerprint density at radius 3 is 2.93 bits per heavy atom. The van der Waals surface area contributed by atoms with E-state index < -0.39 is 0 Å². The Balaban J connectivity index is 2.25. The van der Waals surface area contributed by atoms with Crippen molar-refractivity contribution in [1.29, 1.82) is 0 Å². The van der Waals surface area contributed by atoms with Crippen LogP contribution in [0.3, 0.4) is 0 Å². The fourth-order valence-electron chi connectivity index (χ4n) is 1.16. The van der Waals surface area contributed by atoms with Crippen LogP contribution in [0.25, 0.3) is 0 Å². The second-order valence-corrected chi connectivity index (χ2v) is 4.08. The lowest BCUT2D eigenvalue weighted by molar-refractivity contribution is 0.826. The number of hydrogen-bond acceptors (Lipinski definition) is 3. The van der Waals surface area contributed by atoms with Gasteiger partial charge in [0.1, 0.15) is 5.02 Å². The van der Waals surface area contributed by atoms with Gasteiger partial charge in [-0.1, -0.05) is 11.6 Å². The second kappa shape index (κ2) is 3.44. The van der Waals surface area contributed by atoms with Gasteiger partial charge in [-0.05, 0) is 12.8 Å². The van der Waals surface area contributed by atoms with E-state index in [1.165, 1.54) is 6.33 Å². The number of nitrogens with one attached hydrogen (secondary N) is 2. The molecule has 0 saturated heterocycles. The highest BCUT2D eigenvalue weighted by Gasteiger charge is 2.42. The van der Waals surface area contributed by atoms with Crippen LogP contribution in [-0.4, -0.2) is 21.4 Å². The number of nitrogens with zero attached hydrogens (tertiary/aromatic N) is 1. The summed E-state index contributed by atoms with van der Waals surface area (Å²) in [6, 6.07) is 0. The number of aromatic nitrogens is 2. The van der Waals surface area contributed by atoms with E-state index in [9.17, 15) is 4.79 Å². The topological polar surface area (TPSA) is 57.8 Å². The monoisotopic (exact) mass is 233 g/mol. The molecule has 2 N–H and O–H groups in total. The van der Waals surface area contributed by atoms with Crippen molar-refractivity contribution in [3.63, 3.8) is 0 Å². The van der Waals surface area contributed by atoms with Gasteiger partial charge < -0.3 is 10.3 Å². The highest BCUT2D eigenvalue weighted by atomic mass is 35.5. The third-order valence-corrected chi connectivity index (χ3v) is 3.15. The van der Waals surface area contributed by atoms with E-state index in [1.807, 2.05) is 0 Å². The molecule has 14 heavy (non-hydrogen) atoms. The normalized spacial score (nSPS) is 17.9. The Bertz CT molecular complexity index is 400. The van der Waals surface area contributed by atoms with Gasteiger partial charge in [-0.3, -0.25) is 4.79 Å². The molecular formula is C8H9Cl2N3O. The van der Waals surface area contributed by atoms with Gasteiger partial charge >= 0.3 is 0 Å². The number of rotatable bonds is 3. The summed E-state index contributed by atoms with van der Waals surface area (Å²) in [4.78, 5) is 17.5. The van der Waals surface area contributed by atoms with Crippen LogP contribution < -0.4 is 10.9 Å². The molecular weight excluding hydrogens is 225 g/mol. The van der Waals surface area contributed by atoms with Crippen LogP contribution in [0, 0.1) is 0 Å². The Kier molecular flexibility index (Phi) is 2.41. The van der Waals surface area contributed by atoms with Gasteiger partial charge in [0, 0.05) is 5.88 Å². The average Bonchev–Trinajstić information content (AvgIpc) is 2.94. The fourth-order valence-corrected chi connectivity index (χ4v) is 1.65. The van der Waals surface area contributed by atoms with Crippen LogP contribution >= 0.6 is 23.2 Å². The first-order valence-corrected chi connectivity index (χ1v) is 5.15. The Hall–Kier alpha value is -0.740. The van der Waals surface area contributed by atoms with Crippen molar-refractivity contribution in [3.05, 3.63) is 21.7 Å². The molecule has 0 radical (unpaired) electrons. The van der Waals surface area contributed by atoms with Gasteiger partial charge in [0.15, 0.2) is 5.82 Å². The fraction of sp³-hybridized carbons (Fsp3) is 0.500. The Morgan fingerprint density at radius 1 is 1.64 bits per heavy atom. The molecule has 0 spiro atoms. The molecule has 1 aliphatic carbocycles. The number of alkyl halides is 1. The Morgan fingerprint density at radius 2 is 2.36 bits per heavy atom. The molecule has 0 amide bonds. The lowest BCUT2D eigenvalue weighted by Crippen LogP contribution is -2.25. The van der Waals surface area contributed by atoms with E-state index in [4.69, 9.17) is 23.2 Å². The molecule has 76 valence electrons. The van der Waals surface area contributed by atoms with E-state index in [0.717, 1.165) is 12.8 Å². The molecule has 6 heteroatoms. The van der Waals surface area contributed by atoms with Gasteiger partial charge in [-0.15, -0.1) is 11.6 Å². The standard InChI is InChI=1S/C8H9Cl2N3O/c9-3-8(1-2-8)13-6-5(10)7(14)12-4-11-6/h4H,1-3H2,(H2,11,12,13,14). The molecule has 0 atom stereocenters. The van der Waals surface area contributed by atoms with Crippen LogP contribution in [0.5, 0.6) is 0 Å². The number of H-pyrrole nitrogens is 1. The molecule has 0 aliphatic heterocycles. The first-order chi connectivity index (χ1) is 6.67. The summed E-state index contributed by atoms with van der Waals surface area (Å²) in [6.45, 7) is 0. The molecule has 0 aromatic carbocycles. The van der Waals surface area contributed by atoms with Crippen LogP contribution in [0.2, 0.25) is 5.02 Å². The largest absolute Gasteiger partial charge is 0.362 e. The summed E-state index contributed by atoms with van der Waals surface area (Å²) in [5, 5.41) is 3.18. The van der Waals surface area contributed by atoms with Crippen LogP contribution in [0.4, 0.5) is 5.82 Å². The molecule has 1 aliphatic rings. The highest BCUT2D eigenvalue weighted by molar-refractivity contribution is 6.32. The lowest BCUT2D eigenvalue weighted by atomic mass is 10.3. The van der Waals surface area contributed by atoms with E-state index in [-0.39, 0.29) is 16.1 Å². The molecule has 2 rings (SSSR count). The molecule has 4 nitrogen and oxygen atoms in total. The maximum atomic E-state index is 11.1. The Labute approximate surface area is 90.6 Å². The molecule has 1 saturated carbocycles. The van der Waals surface area contributed by atoms with Gasteiger partial charge in [-0.25, -0.2) is 4.98 Å². The van der Waals surface area contributed by atoms with Crippen molar-refractivity contribution in [2.75, 3.05) is 11.2 Å². The van der Waals surface area contributed by atoms with Crippen molar-refractivity contribution < 1.29 is 0 Å². The van der Waals surface area contributed by atoms with Crippen LogP contribution in [0.1, 0.15) is 12.8 Å². The van der Waals surface area contributed by atoms with E-state index in [2.05, 4.69) is 15.3 Å². The third-order valence-electron chi connectivity index (χ3n) is 2.29. The first-order valence-electron chi connectivity index (χ1n) is 4.24. The number of anilines is 1. The zero-order valence-electron chi connectivity index (χ0n) is 7.31. The predicted molar refractivity (Wildman–Crippen MR) is 56.2 cm³/mol. The summed E-state index contributed by atoms with van der Waals surface area (Å²) < 4.78 is 0. The van der Waals surface area contributed by atoms with Gasteiger partial charge in [0.2, 0.25) is 0 Å². The first kappa shape index (κ1) is 9.80.